The summed E-state index contributed by atoms with van der Waals surface area (Å²) in [6, 6.07) is 9.97. The van der Waals surface area contributed by atoms with Crippen molar-refractivity contribution in [3.8, 4) is 5.75 Å². The summed E-state index contributed by atoms with van der Waals surface area (Å²) >= 11 is 0. The molecular weight excluding hydrogens is 352 g/mol. The monoisotopic (exact) mass is 374 g/mol. The first-order valence-electron chi connectivity index (χ1n) is 8.30. The molecule has 2 rings (SSSR count). The van der Waals surface area contributed by atoms with Gasteiger partial charge in [0, 0.05) is 5.69 Å². The van der Waals surface area contributed by atoms with Gasteiger partial charge in [0.05, 0.1) is 26.5 Å². The Labute approximate surface area is 156 Å². The number of amides is 3. The van der Waals surface area contributed by atoms with Crippen molar-refractivity contribution in [2.45, 2.75) is 6.92 Å². The van der Waals surface area contributed by atoms with Crippen molar-refractivity contribution in [1.29, 1.82) is 0 Å². The summed E-state index contributed by atoms with van der Waals surface area (Å²) < 4.78 is 9.98. The van der Waals surface area contributed by atoms with Gasteiger partial charge in [0.25, 0.3) is 5.91 Å². The summed E-state index contributed by atoms with van der Waals surface area (Å²) in [5.41, 5.74) is 5.16. The smallest absolute Gasteiger partial charge is 0.305 e. The molecule has 0 atom stereocenters. The van der Waals surface area contributed by atoms with Crippen molar-refractivity contribution in [2.75, 3.05) is 32.1 Å². The van der Waals surface area contributed by atoms with E-state index in [0.29, 0.717) is 18.0 Å². The molecule has 0 saturated heterocycles. The average Bonchev–Trinajstić information content (AvgIpc) is 3.21. The lowest BCUT2D eigenvalue weighted by Crippen LogP contribution is -2.47. The number of hydrogen-bond donors (Lipinski definition) is 3. The number of nitrogens with one attached hydrogen (secondary N) is 3. The SMILES string of the molecule is CCN(CC(=O)NNC(=O)c1ccco1)CC(=O)Nc1ccc(OC)cc1. The molecule has 9 nitrogen and oxygen atoms in total. The van der Waals surface area contributed by atoms with Crippen molar-refractivity contribution < 1.29 is 23.5 Å². The van der Waals surface area contributed by atoms with E-state index in [0.717, 1.165) is 0 Å². The molecule has 1 heterocycles. The van der Waals surface area contributed by atoms with Crippen molar-refractivity contribution in [3.05, 3.63) is 48.4 Å². The van der Waals surface area contributed by atoms with Crippen molar-refractivity contribution in [3.63, 3.8) is 0 Å². The molecule has 0 aliphatic rings. The van der Waals surface area contributed by atoms with Gasteiger partial charge in [-0.1, -0.05) is 6.92 Å². The predicted octanol–water partition coefficient (Wildman–Crippen LogP) is 1.01. The topological polar surface area (TPSA) is 113 Å². The maximum Gasteiger partial charge on any atom is 0.305 e. The highest BCUT2D eigenvalue weighted by Crippen LogP contribution is 2.14. The first-order chi connectivity index (χ1) is 13.0. The Morgan fingerprint density at radius 3 is 2.33 bits per heavy atom. The standard InChI is InChI=1S/C18H22N4O5/c1-3-22(11-16(23)19-13-6-8-14(26-2)9-7-13)12-17(24)20-21-18(25)15-5-4-10-27-15/h4-10H,3,11-12H2,1-2H3,(H,19,23)(H,20,24)(H,21,25). The zero-order valence-electron chi connectivity index (χ0n) is 15.2. The number of anilines is 1. The highest BCUT2D eigenvalue weighted by molar-refractivity contribution is 5.94. The van der Waals surface area contributed by atoms with E-state index in [1.165, 1.54) is 12.3 Å². The highest BCUT2D eigenvalue weighted by Gasteiger charge is 2.15. The quantitative estimate of drug-likeness (QED) is 0.595. The fourth-order valence-electron chi connectivity index (χ4n) is 2.20. The van der Waals surface area contributed by atoms with Crippen LogP contribution in [0.3, 0.4) is 0 Å². The second kappa shape index (κ2) is 9.97. The molecule has 0 saturated carbocycles. The molecule has 0 fully saturated rings. The Balaban J connectivity index is 1.76. The first kappa shape index (κ1) is 20.0. The second-order valence-corrected chi connectivity index (χ2v) is 5.56. The van der Waals surface area contributed by atoms with Crippen LogP contribution in [-0.4, -0.2) is 49.4 Å². The summed E-state index contributed by atoms with van der Waals surface area (Å²) in [5.74, 6) is -0.491. The highest BCUT2D eigenvalue weighted by atomic mass is 16.5. The van der Waals surface area contributed by atoms with E-state index in [2.05, 4.69) is 16.2 Å². The molecule has 0 bridgehead atoms. The van der Waals surface area contributed by atoms with Gasteiger partial charge in [-0.3, -0.25) is 30.1 Å². The van der Waals surface area contributed by atoms with E-state index in [1.807, 2.05) is 6.92 Å². The van der Waals surface area contributed by atoms with Crippen LogP contribution in [-0.2, 0) is 9.59 Å². The molecule has 144 valence electrons. The van der Waals surface area contributed by atoms with Gasteiger partial charge in [-0.2, -0.15) is 0 Å². The first-order valence-corrected chi connectivity index (χ1v) is 8.30. The van der Waals surface area contributed by atoms with E-state index in [4.69, 9.17) is 9.15 Å². The number of benzene rings is 1. The summed E-state index contributed by atoms with van der Waals surface area (Å²) in [7, 11) is 1.56. The average molecular weight is 374 g/mol. The van der Waals surface area contributed by atoms with Crippen molar-refractivity contribution >= 4 is 23.4 Å². The van der Waals surface area contributed by atoms with Gasteiger partial charge in [0.2, 0.25) is 5.91 Å². The van der Waals surface area contributed by atoms with Gasteiger partial charge >= 0.3 is 5.91 Å². The lowest BCUT2D eigenvalue weighted by atomic mass is 10.3. The molecule has 3 amide bonds. The third kappa shape index (κ3) is 6.48. The molecule has 0 radical (unpaired) electrons. The van der Waals surface area contributed by atoms with E-state index < -0.39 is 11.8 Å². The molecule has 27 heavy (non-hydrogen) atoms. The van der Waals surface area contributed by atoms with Gasteiger partial charge < -0.3 is 14.5 Å². The lowest BCUT2D eigenvalue weighted by Gasteiger charge is -2.19. The Kier molecular flexibility index (Phi) is 7.38. The normalized spacial score (nSPS) is 10.3. The number of carbonyl (C=O) groups is 3. The number of hydrazine groups is 1. The molecule has 0 unspecified atom stereocenters. The van der Waals surface area contributed by atoms with Gasteiger partial charge in [0.1, 0.15) is 5.75 Å². The molecule has 1 aromatic carbocycles. The lowest BCUT2D eigenvalue weighted by molar-refractivity contribution is -0.124. The molecule has 0 aliphatic carbocycles. The third-order valence-electron chi connectivity index (χ3n) is 3.62. The summed E-state index contributed by atoms with van der Waals surface area (Å²) in [4.78, 5) is 37.4. The minimum Gasteiger partial charge on any atom is -0.497 e. The fraction of sp³-hybridized carbons (Fsp3) is 0.278. The molecular formula is C18H22N4O5. The predicted molar refractivity (Wildman–Crippen MR) is 98.1 cm³/mol. The second-order valence-electron chi connectivity index (χ2n) is 5.56. The number of likely N-dealkylation sites (N-methyl/N-ethyl adjacent to an activating group) is 1. The van der Waals surface area contributed by atoms with Crippen LogP contribution in [0.15, 0.2) is 47.1 Å². The van der Waals surface area contributed by atoms with Crippen LogP contribution in [0.5, 0.6) is 5.75 Å². The number of rotatable bonds is 8. The Hall–Kier alpha value is -3.33. The summed E-state index contributed by atoms with van der Waals surface area (Å²) in [6.07, 6.45) is 1.36. The number of hydrogen-bond acceptors (Lipinski definition) is 6. The molecule has 0 aliphatic heterocycles. The molecule has 1 aromatic heterocycles. The van der Waals surface area contributed by atoms with Gasteiger partial charge in [0.15, 0.2) is 5.76 Å². The van der Waals surface area contributed by atoms with E-state index >= 15 is 0 Å². The minimum atomic E-state index is -0.561. The number of methoxy groups -OCH3 is 1. The molecule has 2 aromatic rings. The maximum absolute atomic E-state index is 12.1. The maximum atomic E-state index is 12.1. The van der Waals surface area contributed by atoms with Crippen LogP contribution >= 0.6 is 0 Å². The van der Waals surface area contributed by atoms with Crippen LogP contribution in [0.1, 0.15) is 17.5 Å². The van der Waals surface area contributed by atoms with E-state index in [9.17, 15) is 14.4 Å². The molecule has 3 N–H and O–H groups in total. The Bertz CT molecular complexity index is 759. The van der Waals surface area contributed by atoms with Crippen LogP contribution in [0, 0.1) is 0 Å². The molecule has 9 heteroatoms. The van der Waals surface area contributed by atoms with Gasteiger partial charge in [-0.25, -0.2) is 0 Å². The van der Waals surface area contributed by atoms with Crippen LogP contribution in [0.25, 0.3) is 0 Å². The third-order valence-corrected chi connectivity index (χ3v) is 3.62. The largest absolute Gasteiger partial charge is 0.497 e. The zero-order valence-corrected chi connectivity index (χ0v) is 15.2. The van der Waals surface area contributed by atoms with Gasteiger partial charge in [-0.15, -0.1) is 0 Å². The van der Waals surface area contributed by atoms with Gasteiger partial charge in [-0.05, 0) is 42.9 Å². The number of furan rings is 1. The number of ether oxygens (including phenoxy) is 1. The summed E-state index contributed by atoms with van der Waals surface area (Å²) in [5, 5.41) is 2.75. The molecule has 0 spiro atoms. The zero-order chi connectivity index (χ0) is 19.6. The van der Waals surface area contributed by atoms with Crippen molar-refractivity contribution in [2.24, 2.45) is 0 Å². The van der Waals surface area contributed by atoms with Crippen molar-refractivity contribution in [1.82, 2.24) is 15.8 Å². The number of nitrogens with zero attached hydrogens (tertiary/aromatic N) is 1. The van der Waals surface area contributed by atoms with E-state index in [-0.39, 0.29) is 24.8 Å². The van der Waals surface area contributed by atoms with Crippen LogP contribution in [0.4, 0.5) is 5.69 Å². The minimum absolute atomic E-state index is 0.0298. The van der Waals surface area contributed by atoms with Crippen LogP contribution in [0.2, 0.25) is 0 Å². The Morgan fingerprint density at radius 2 is 1.74 bits per heavy atom. The summed E-state index contributed by atoms with van der Waals surface area (Å²) in [6.45, 7) is 2.29. The van der Waals surface area contributed by atoms with Crippen LogP contribution < -0.4 is 20.9 Å². The van der Waals surface area contributed by atoms with E-state index in [1.54, 1.807) is 42.3 Å². The number of carbonyl (C=O) groups excluding carboxylic acids is 3. The Morgan fingerprint density at radius 1 is 1.04 bits per heavy atom. The fourth-order valence-corrected chi connectivity index (χ4v) is 2.20.